The van der Waals surface area contributed by atoms with Crippen molar-refractivity contribution < 1.29 is 0 Å². The lowest BCUT2D eigenvalue weighted by molar-refractivity contribution is 0.109. The van der Waals surface area contributed by atoms with Gasteiger partial charge in [-0.1, -0.05) is 26.2 Å². The molecule has 1 heterocycles. The fraction of sp³-hybridized carbons (Fsp3) is 0.933. The van der Waals surface area contributed by atoms with Crippen LogP contribution in [0.5, 0.6) is 0 Å². The minimum atomic E-state index is 0.606. The van der Waals surface area contributed by atoms with E-state index in [9.17, 15) is 0 Å². The highest BCUT2D eigenvalue weighted by Crippen LogP contribution is 2.31. The molecule has 3 heteroatoms. The molecule has 0 amide bonds. The molecule has 1 aliphatic heterocycles. The second kappa shape index (κ2) is 7.11. The number of hydrogen-bond donors (Lipinski definition) is 0. The van der Waals surface area contributed by atoms with Crippen LogP contribution in [0.2, 0.25) is 0 Å². The Balaban J connectivity index is 1.69. The molecule has 102 valence electrons. The van der Waals surface area contributed by atoms with Crippen molar-refractivity contribution in [2.75, 3.05) is 39.3 Å². The van der Waals surface area contributed by atoms with Gasteiger partial charge in [0.25, 0.3) is 0 Å². The number of rotatable bonds is 4. The first-order valence-corrected chi connectivity index (χ1v) is 7.63. The molecule has 1 saturated carbocycles. The summed E-state index contributed by atoms with van der Waals surface area (Å²) in [6, 6.07) is 2.25. The predicted octanol–water partition coefficient (Wildman–Crippen LogP) is 2.34. The maximum absolute atomic E-state index is 8.70. The molecular weight excluding hydrogens is 222 g/mol. The summed E-state index contributed by atoms with van der Waals surface area (Å²) in [6.45, 7) is 8.73. The third-order valence-corrected chi connectivity index (χ3v) is 4.74. The van der Waals surface area contributed by atoms with Crippen molar-refractivity contribution in [3.05, 3.63) is 0 Å². The molecule has 2 rings (SSSR count). The van der Waals surface area contributed by atoms with Crippen LogP contribution < -0.4 is 0 Å². The van der Waals surface area contributed by atoms with Crippen molar-refractivity contribution in [2.45, 2.75) is 39.0 Å². The lowest BCUT2D eigenvalue weighted by Crippen LogP contribution is -2.48. The Morgan fingerprint density at radius 3 is 2.39 bits per heavy atom. The molecule has 0 aromatic carbocycles. The highest BCUT2D eigenvalue weighted by molar-refractivity contribution is 4.82. The monoisotopic (exact) mass is 249 g/mol. The summed E-state index contributed by atoms with van der Waals surface area (Å²) in [4.78, 5) is 4.89. The molecule has 3 nitrogen and oxygen atoms in total. The van der Waals surface area contributed by atoms with Crippen LogP contribution in [0.4, 0.5) is 0 Å². The Hall–Kier alpha value is -0.590. The molecule has 2 atom stereocenters. The zero-order valence-corrected chi connectivity index (χ0v) is 11.8. The largest absolute Gasteiger partial charge is 0.301 e. The molecule has 0 radical (unpaired) electrons. The van der Waals surface area contributed by atoms with Crippen molar-refractivity contribution in [3.8, 4) is 6.07 Å². The summed E-state index contributed by atoms with van der Waals surface area (Å²) in [6.07, 6.45) is 7.16. The van der Waals surface area contributed by atoms with E-state index in [1.165, 1.54) is 38.6 Å². The van der Waals surface area contributed by atoms with Gasteiger partial charge in [-0.3, -0.25) is 4.90 Å². The zero-order valence-electron chi connectivity index (χ0n) is 11.8. The Bertz CT molecular complexity index is 276. The lowest BCUT2D eigenvalue weighted by Gasteiger charge is -2.37. The van der Waals surface area contributed by atoms with Gasteiger partial charge < -0.3 is 4.90 Å². The standard InChI is InChI=1S/C15H27N3/c1-2-14-4-3-5-15(12-14)13-18-10-8-17(7-6-16)9-11-18/h14-15H,2-5,7-13H2,1H3/t14-,15+/m1/s1. The highest BCUT2D eigenvalue weighted by Gasteiger charge is 2.24. The topological polar surface area (TPSA) is 30.3 Å². The van der Waals surface area contributed by atoms with E-state index in [1.54, 1.807) is 0 Å². The van der Waals surface area contributed by atoms with Crippen molar-refractivity contribution in [1.29, 1.82) is 5.26 Å². The van der Waals surface area contributed by atoms with Crippen LogP contribution in [-0.2, 0) is 0 Å². The van der Waals surface area contributed by atoms with Gasteiger partial charge in [-0.05, 0) is 24.7 Å². The summed E-state index contributed by atoms with van der Waals surface area (Å²) in [5.74, 6) is 1.93. The molecule has 0 spiro atoms. The van der Waals surface area contributed by atoms with Gasteiger partial charge in [0.05, 0.1) is 12.6 Å². The maximum Gasteiger partial charge on any atom is 0.0866 e. The molecule has 0 unspecified atom stereocenters. The van der Waals surface area contributed by atoms with E-state index in [4.69, 9.17) is 5.26 Å². The van der Waals surface area contributed by atoms with E-state index in [0.29, 0.717) is 6.54 Å². The van der Waals surface area contributed by atoms with Gasteiger partial charge in [0.1, 0.15) is 0 Å². The Morgan fingerprint density at radius 2 is 1.72 bits per heavy atom. The first kappa shape index (κ1) is 13.8. The predicted molar refractivity (Wildman–Crippen MR) is 74.2 cm³/mol. The number of hydrogen-bond acceptors (Lipinski definition) is 3. The summed E-state index contributed by atoms with van der Waals surface area (Å²) >= 11 is 0. The summed E-state index contributed by atoms with van der Waals surface area (Å²) in [5, 5.41) is 8.70. The van der Waals surface area contributed by atoms with Crippen LogP contribution in [0, 0.1) is 23.2 Å². The van der Waals surface area contributed by atoms with E-state index in [-0.39, 0.29) is 0 Å². The summed E-state index contributed by atoms with van der Waals surface area (Å²) in [7, 11) is 0. The van der Waals surface area contributed by atoms with Crippen molar-refractivity contribution in [1.82, 2.24) is 9.80 Å². The van der Waals surface area contributed by atoms with E-state index < -0.39 is 0 Å². The van der Waals surface area contributed by atoms with Gasteiger partial charge in [0.15, 0.2) is 0 Å². The van der Waals surface area contributed by atoms with E-state index in [2.05, 4.69) is 22.8 Å². The van der Waals surface area contributed by atoms with Gasteiger partial charge in [0, 0.05) is 32.7 Å². The quantitative estimate of drug-likeness (QED) is 0.716. The second-order valence-corrected chi connectivity index (χ2v) is 6.04. The summed E-state index contributed by atoms with van der Waals surface area (Å²) in [5.41, 5.74) is 0. The molecule has 18 heavy (non-hydrogen) atoms. The molecule has 0 bridgehead atoms. The molecule has 0 aromatic heterocycles. The lowest BCUT2D eigenvalue weighted by atomic mass is 9.80. The van der Waals surface area contributed by atoms with Crippen LogP contribution in [0.15, 0.2) is 0 Å². The molecule has 0 aromatic rings. The van der Waals surface area contributed by atoms with Gasteiger partial charge in [-0.2, -0.15) is 5.26 Å². The first-order valence-electron chi connectivity index (χ1n) is 7.63. The molecule has 2 aliphatic rings. The van der Waals surface area contributed by atoms with Crippen molar-refractivity contribution >= 4 is 0 Å². The summed E-state index contributed by atoms with van der Waals surface area (Å²) < 4.78 is 0. The molecule has 1 saturated heterocycles. The molecule has 2 fully saturated rings. The fourth-order valence-corrected chi connectivity index (χ4v) is 3.53. The average Bonchev–Trinajstić information content (AvgIpc) is 2.42. The average molecular weight is 249 g/mol. The van der Waals surface area contributed by atoms with Crippen molar-refractivity contribution in [2.24, 2.45) is 11.8 Å². The number of nitrogens with zero attached hydrogens (tertiary/aromatic N) is 3. The second-order valence-electron chi connectivity index (χ2n) is 6.04. The van der Waals surface area contributed by atoms with Crippen LogP contribution in [0.25, 0.3) is 0 Å². The van der Waals surface area contributed by atoms with Crippen LogP contribution in [-0.4, -0.2) is 49.1 Å². The SMILES string of the molecule is CC[C@@H]1CCC[C@H](CN2CCN(CC#N)CC2)C1. The van der Waals surface area contributed by atoms with E-state index in [1.807, 2.05) is 0 Å². The number of piperazine rings is 1. The fourth-order valence-electron chi connectivity index (χ4n) is 3.53. The maximum atomic E-state index is 8.70. The van der Waals surface area contributed by atoms with Crippen LogP contribution in [0.1, 0.15) is 39.0 Å². The van der Waals surface area contributed by atoms with Gasteiger partial charge in [-0.15, -0.1) is 0 Å². The van der Waals surface area contributed by atoms with E-state index >= 15 is 0 Å². The molecule has 0 N–H and O–H groups in total. The normalized spacial score (nSPS) is 31.1. The first-order chi connectivity index (χ1) is 8.81. The molecule has 1 aliphatic carbocycles. The Morgan fingerprint density at radius 1 is 1.06 bits per heavy atom. The van der Waals surface area contributed by atoms with Crippen LogP contribution >= 0.6 is 0 Å². The molecular formula is C15H27N3. The van der Waals surface area contributed by atoms with E-state index in [0.717, 1.165) is 38.0 Å². The highest BCUT2D eigenvalue weighted by atomic mass is 15.3. The zero-order chi connectivity index (χ0) is 12.8. The van der Waals surface area contributed by atoms with Crippen molar-refractivity contribution in [3.63, 3.8) is 0 Å². The van der Waals surface area contributed by atoms with Gasteiger partial charge in [0.2, 0.25) is 0 Å². The van der Waals surface area contributed by atoms with Crippen LogP contribution in [0.3, 0.4) is 0 Å². The van der Waals surface area contributed by atoms with Gasteiger partial charge in [-0.25, -0.2) is 0 Å². The third kappa shape index (κ3) is 3.96. The minimum absolute atomic E-state index is 0.606. The third-order valence-electron chi connectivity index (χ3n) is 4.74. The van der Waals surface area contributed by atoms with Gasteiger partial charge >= 0.3 is 0 Å². The minimum Gasteiger partial charge on any atom is -0.301 e. The Kier molecular flexibility index (Phi) is 5.46. The smallest absolute Gasteiger partial charge is 0.0866 e. The number of nitriles is 1. The Labute approximate surface area is 112 Å².